The SMILES string of the molecule is CC(=O)N1C[C@@H](N)CC[C@@H](C(=O)N2CCC(Oc3cccnc3)CC2)C1. The van der Waals surface area contributed by atoms with E-state index < -0.39 is 0 Å². The van der Waals surface area contributed by atoms with Crippen molar-refractivity contribution in [3.8, 4) is 5.75 Å². The van der Waals surface area contributed by atoms with Crippen LogP contribution in [0.5, 0.6) is 5.75 Å². The van der Waals surface area contributed by atoms with Crippen molar-refractivity contribution in [2.24, 2.45) is 11.7 Å². The van der Waals surface area contributed by atoms with Crippen LogP contribution in [-0.2, 0) is 9.59 Å². The number of hydrogen-bond acceptors (Lipinski definition) is 5. The van der Waals surface area contributed by atoms with E-state index in [1.165, 1.54) is 0 Å². The van der Waals surface area contributed by atoms with Gasteiger partial charge in [-0.25, -0.2) is 0 Å². The number of nitrogens with two attached hydrogens (primary N) is 1. The number of ether oxygens (including phenoxy) is 1. The summed E-state index contributed by atoms with van der Waals surface area (Å²) < 4.78 is 5.94. The second-order valence-corrected chi connectivity index (χ2v) is 7.29. The van der Waals surface area contributed by atoms with Gasteiger partial charge in [0.2, 0.25) is 11.8 Å². The molecule has 2 aliphatic heterocycles. The van der Waals surface area contributed by atoms with Gasteiger partial charge in [-0.15, -0.1) is 0 Å². The molecule has 0 radical (unpaired) electrons. The predicted octanol–water partition coefficient (Wildman–Crippen LogP) is 1.04. The van der Waals surface area contributed by atoms with Crippen LogP contribution in [0.3, 0.4) is 0 Å². The lowest BCUT2D eigenvalue weighted by Gasteiger charge is -2.35. The smallest absolute Gasteiger partial charge is 0.227 e. The maximum Gasteiger partial charge on any atom is 0.227 e. The Bertz CT molecular complexity index is 616. The summed E-state index contributed by atoms with van der Waals surface area (Å²) in [4.78, 5) is 32.4. The molecule has 2 N–H and O–H groups in total. The number of aromatic nitrogens is 1. The molecule has 1 aromatic rings. The van der Waals surface area contributed by atoms with E-state index >= 15 is 0 Å². The molecule has 0 bridgehead atoms. The summed E-state index contributed by atoms with van der Waals surface area (Å²) >= 11 is 0. The monoisotopic (exact) mass is 360 g/mol. The number of carbonyl (C=O) groups is 2. The molecule has 1 aromatic heterocycles. The standard InChI is InChI=1S/C19H28N4O3/c1-14(24)23-12-15(4-5-16(20)13-23)19(25)22-9-6-17(7-10-22)26-18-3-2-8-21-11-18/h2-3,8,11,15-17H,4-7,9-10,12-13,20H2,1H3/t15-,16+/m1/s1. The van der Waals surface area contributed by atoms with Gasteiger partial charge in [-0.1, -0.05) is 0 Å². The number of piperidine rings is 1. The average Bonchev–Trinajstić information content (AvgIpc) is 2.85. The van der Waals surface area contributed by atoms with Crippen LogP contribution < -0.4 is 10.5 Å². The summed E-state index contributed by atoms with van der Waals surface area (Å²) in [6.07, 6.45) is 6.68. The Balaban J connectivity index is 1.53. The minimum Gasteiger partial charge on any atom is -0.489 e. The van der Waals surface area contributed by atoms with Crippen LogP contribution in [0.2, 0.25) is 0 Å². The van der Waals surface area contributed by atoms with Gasteiger partial charge in [0.1, 0.15) is 11.9 Å². The van der Waals surface area contributed by atoms with Gasteiger partial charge in [0, 0.05) is 58.2 Å². The highest BCUT2D eigenvalue weighted by Gasteiger charge is 2.33. The molecule has 0 aromatic carbocycles. The number of nitrogens with zero attached hydrogens (tertiary/aromatic N) is 3. The van der Waals surface area contributed by atoms with Gasteiger partial charge >= 0.3 is 0 Å². The first-order chi connectivity index (χ1) is 12.5. The lowest BCUT2D eigenvalue weighted by molar-refractivity contribution is -0.139. The van der Waals surface area contributed by atoms with Crippen molar-refractivity contribution in [3.05, 3.63) is 24.5 Å². The van der Waals surface area contributed by atoms with E-state index in [0.29, 0.717) is 26.2 Å². The molecular weight excluding hydrogens is 332 g/mol. The van der Waals surface area contributed by atoms with Crippen LogP contribution in [0.1, 0.15) is 32.6 Å². The molecule has 3 heterocycles. The summed E-state index contributed by atoms with van der Waals surface area (Å²) in [5.74, 6) is 0.754. The molecule has 2 atom stereocenters. The Morgan fingerprint density at radius 1 is 1.15 bits per heavy atom. The van der Waals surface area contributed by atoms with Crippen LogP contribution >= 0.6 is 0 Å². The molecule has 26 heavy (non-hydrogen) atoms. The van der Waals surface area contributed by atoms with E-state index in [-0.39, 0.29) is 29.9 Å². The highest BCUT2D eigenvalue weighted by Crippen LogP contribution is 2.23. The Morgan fingerprint density at radius 2 is 1.92 bits per heavy atom. The normalized spacial score (nSPS) is 24.8. The quantitative estimate of drug-likeness (QED) is 0.870. The molecule has 2 fully saturated rings. The molecule has 2 saturated heterocycles. The number of hydrogen-bond donors (Lipinski definition) is 1. The maximum absolute atomic E-state index is 12.9. The average molecular weight is 360 g/mol. The first-order valence-corrected chi connectivity index (χ1v) is 9.39. The Kier molecular flexibility index (Phi) is 6.08. The van der Waals surface area contributed by atoms with E-state index in [4.69, 9.17) is 10.5 Å². The molecule has 142 valence electrons. The third-order valence-electron chi connectivity index (χ3n) is 5.27. The van der Waals surface area contributed by atoms with Gasteiger partial charge in [-0.05, 0) is 25.0 Å². The third-order valence-corrected chi connectivity index (χ3v) is 5.27. The van der Waals surface area contributed by atoms with Gasteiger partial charge in [-0.2, -0.15) is 0 Å². The summed E-state index contributed by atoms with van der Waals surface area (Å²) in [5, 5.41) is 0. The van der Waals surface area contributed by atoms with Crippen molar-refractivity contribution in [2.45, 2.75) is 44.8 Å². The molecule has 0 unspecified atom stereocenters. The van der Waals surface area contributed by atoms with E-state index in [9.17, 15) is 9.59 Å². The van der Waals surface area contributed by atoms with Crippen LogP contribution in [0, 0.1) is 5.92 Å². The zero-order valence-corrected chi connectivity index (χ0v) is 15.3. The zero-order valence-electron chi connectivity index (χ0n) is 15.3. The predicted molar refractivity (Wildman–Crippen MR) is 97.4 cm³/mol. The van der Waals surface area contributed by atoms with Crippen LogP contribution in [0.15, 0.2) is 24.5 Å². The Morgan fingerprint density at radius 3 is 2.58 bits per heavy atom. The number of pyridine rings is 1. The fourth-order valence-corrected chi connectivity index (χ4v) is 3.74. The van der Waals surface area contributed by atoms with Crippen molar-refractivity contribution < 1.29 is 14.3 Å². The van der Waals surface area contributed by atoms with Crippen LogP contribution in [-0.4, -0.2) is 64.9 Å². The molecule has 2 aliphatic rings. The minimum absolute atomic E-state index is 0.0104. The second-order valence-electron chi connectivity index (χ2n) is 7.29. The summed E-state index contributed by atoms with van der Waals surface area (Å²) in [7, 11) is 0. The topological polar surface area (TPSA) is 88.8 Å². The number of rotatable bonds is 3. The highest BCUT2D eigenvalue weighted by atomic mass is 16.5. The van der Waals surface area contributed by atoms with Crippen molar-refractivity contribution in [3.63, 3.8) is 0 Å². The van der Waals surface area contributed by atoms with Gasteiger partial charge in [0.25, 0.3) is 0 Å². The zero-order chi connectivity index (χ0) is 18.5. The summed E-state index contributed by atoms with van der Waals surface area (Å²) in [6.45, 7) is 3.94. The Labute approximate surface area is 154 Å². The number of carbonyl (C=O) groups excluding carboxylic acids is 2. The number of likely N-dealkylation sites (tertiary alicyclic amines) is 2. The second kappa shape index (κ2) is 8.49. The van der Waals surface area contributed by atoms with Crippen LogP contribution in [0.25, 0.3) is 0 Å². The molecule has 2 amide bonds. The lowest BCUT2D eigenvalue weighted by Crippen LogP contribution is -2.47. The first kappa shape index (κ1) is 18.6. The van der Waals surface area contributed by atoms with E-state index in [0.717, 1.165) is 31.4 Å². The number of amides is 2. The molecule has 0 spiro atoms. The maximum atomic E-state index is 12.9. The van der Waals surface area contributed by atoms with E-state index in [1.807, 2.05) is 17.0 Å². The molecule has 0 saturated carbocycles. The van der Waals surface area contributed by atoms with Crippen LogP contribution in [0.4, 0.5) is 0 Å². The molecule has 7 heteroatoms. The Hall–Kier alpha value is -2.15. The van der Waals surface area contributed by atoms with Gasteiger partial charge in [0.05, 0.1) is 12.1 Å². The van der Waals surface area contributed by atoms with Crippen molar-refractivity contribution >= 4 is 11.8 Å². The van der Waals surface area contributed by atoms with Crippen molar-refractivity contribution in [1.29, 1.82) is 0 Å². The first-order valence-electron chi connectivity index (χ1n) is 9.39. The fourth-order valence-electron chi connectivity index (χ4n) is 3.74. The van der Waals surface area contributed by atoms with Crippen molar-refractivity contribution in [2.75, 3.05) is 26.2 Å². The molecule has 7 nitrogen and oxygen atoms in total. The molecule has 0 aliphatic carbocycles. The van der Waals surface area contributed by atoms with Gasteiger partial charge in [0.15, 0.2) is 0 Å². The lowest BCUT2D eigenvalue weighted by atomic mass is 9.98. The van der Waals surface area contributed by atoms with Gasteiger partial charge in [-0.3, -0.25) is 14.6 Å². The van der Waals surface area contributed by atoms with Crippen molar-refractivity contribution in [1.82, 2.24) is 14.8 Å². The fraction of sp³-hybridized carbons (Fsp3) is 0.632. The minimum atomic E-state index is -0.150. The van der Waals surface area contributed by atoms with E-state index in [2.05, 4.69) is 4.98 Å². The highest BCUT2D eigenvalue weighted by molar-refractivity contribution is 5.80. The summed E-state index contributed by atoms with van der Waals surface area (Å²) in [5.41, 5.74) is 6.05. The van der Waals surface area contributed by atoms with Gasteiger partial charge < -0.3 is 20.3 Å². The molecular formula is C19H28N4O3. The third kappa shape index (κ3) is 4.72. The van der Waals surface area contributed by atoms with E-state index in [1.54, 1.807) is 24.2 Å². The largest absolute Gasteiger partial charge is 0.489 e. The summed E-state index contributed by atoms with van der Waals surface area (Å²) in [6, 6.07) is 3.71. The molecule has 3 rings (SSSR count).